The van der Waals surface area contributed by atoms with Crippen LogP contribution in [0.3, 0.4) is 0 Å². The van der Waals surface area contributed by atoms with Gasteiger partial charge in [-0.25, -0.2) is 0 Å². The third-order valence-corrected chi connectivity index (χ3v) is 6.40. The van der Waals surface area contributed by atoms with Gasteiger partial charge in [-0.3, -0.25) is 0 Å². The summed E-state index contributed by atoms with van der Waals surface area (Å²) in [6.07, 6.45) is 6.40. The molecule has 0 aliphatic heterocycles. The van der Waals surface area contributed by atoms with Crippen LogP contribution in [0, 0.1) is 0 Å². The zero-order valence-corrected chi connectivity index (χ0v) is 22.7. The number of ether oxygens (including phenoxy) is 4. The highest BCUT2D eigenvalue weighted by Gasteiger charge is 2.23. The Morgan fingerprint density at radius 3 is 1.34 bits per heavy atom. The normalized spacial score (nSPS) is 11.8. The zero-order chi connectivity index (χ0) is 25.2. The van der Waals surface area contributed by atoms with E-state index in [9.17, 15) is 0 Å². The Morgan fingerprint density at radius 1 is 0.543 bits per heavy atom. The molecule has 0 bridgehead atoms. The lowest BCUT2D eigenvalue weighted by Crippen LogP contribution is -2.19. The first-order valence-corrected chi connectivity index (χ1v) is 13.6. The maximum Gasteiger partial charge on any atom is 0.0700 e. The molecule has 0 aliphatic rings. The highest BCUT2D eigenvalue weighted by molar-refractivity contribution is 5.41. The molecule has 0 atom stereocenters. The molecule has 4 nitrogen and oxygen atoms in total. The Hall–Kier alpha value is -1.72. The van der Waals surface area contributed by atoms with E-state index >= 15 is 0 Å². The molecule has 0 saturated heterocycles. The number of unbranched alkanes of at least 4 members (excludes halogenated alkanes) is 2. The number of hydrogen-bond donors (Lipinski definition) is 0. The molecule has 0 amide bonds. The summed E-state index contributed by atoms with van der Waals surface area (Å²) in [5.41, 5.74) is 5.21. The van der Waals surface area contributed by atoms with E-state index in [0.29, 0.717) is 26.4 Å². The van der Waals surface area contributed by atoms with Gasteiger partial charge in [-0.1, -0.05) is 89.1 Å². The van der Waals surface area contributed by atoms with Crippen molar-refractivity contribution in [3.63, 3.8) is 0 Å². The Labute approximate surface area is 214 Å². The number of benzene rings is 2. The van der Waals surface area contributed by atoms with E-state index in [0.717, 1.165) is 52.1 Å². The van der Waals surface area contributed by atoms with Gasteiger partial charge in [-0.2, -0.15) is 0 Å². The van der Waals surface area contributed by atoms with Crippen molar-refractivity contribution in [2.45, 2.75) is 71.6 Å². The van der Waals surface area contributed by atoms with Crippen LogP contribution in [0.25, 0.3) is 0 Å². The number of rotatable bonds is 20. The van der Waals surface area contributed by atoms with Crippen LogP contribution in [0.4, 0.5) is 0 Å². The van der Waals surface area contributed by atoms with Gasteiger partial charge in [0.25, 0.3) is 0 Å². The molecule has 2 rings (SSSR count). The van der Waals surface area contributed by atoms with Crippen LogP contribution in [0.5, 0.6) is 0 Å². The summed E-state index contributed by atoms with van der Waals surface area (Å²) < 4.78 is 22.7. The molecule has 0 saturated carbocycles. The van der Waals surface area contributed by atoms with E-state index in [1.165, 1.54) is 35.1 Å². The second-order valence-corrected chi connectivity index (χ2v) is 9.68. The van der Waals surface area contributed by atoms with Gasteiger partial charge >= 0.3 is 0 Å². The molecule has 0 heterocycles. The van der Waals surface area contributed by atoms with Crippen molar-refractivity contribution in [2.24, 2.45) is 0 Å². The van der Waals surface area contributed by atoms with Crippen molar-refractivity contribution in [2.75, 3.05) is 52.9 Å². The Morgan fingerprint density at radius 2 is 0.943 bits per heavy atom. The Balaban J connectivity index is 1.81. The van der Waals surface area contributed by atoms with Crippen LogP contribution in [0.15, 0.2) is 48.5 Å². The first-order chi connectivity index (χ1) is 17.1. The molecule has 4 heteroatoms. The molecular formula is C31H48O4. The predicted octanol–water partition coefficient (Wildman–Crippen LogP) is 6.76. The minimum absolute atomic E-state index is 0.0754. The second kappa shape index (κ2) is 17.7. The van der Waals surface area contributed by atoms with Crippen molar-refractivity contribution in [3.05, 3.63) is 70.8 Å². The second-order valence-electron chi connectivity index (χ2n) is 9.68. The Bertz CT molecular complexity index is 737. The first kappa shape index (κ1) is 29.5. The van der Waals surface area contributed by atoms with Crippen LogP contribution >= 0.6 is 0 Å². The van der Waals surface area contributed by atoms with Gasteiger partial charge in [0, 0.05) is 18.6 Å². The van der Waals surface area contributed by atoms with Crippen molar-refractivity contribution in [3.8, 4) is 0 Å². The zero-order valence-electron chi connectivity index (χ0n) is 22.7. The lowest BCUT2D eigenvalue weighted by Gasteiger charge is -2.27. The third-order valence-electron chi connectivity index (χ3n) is 6.40. The summed E-state index contributed by atoms with van der Waals surface area (Å²) in [7, 11) is 0. The highest BCUT2D eigenvalue weighted by Crippen LogP contribution is 2.32. The largest absolute Gasteiger partial charge is 0.379 e. The summed E-state index contributed by atoms with van der Waals surface area (Å²) in [6.45, 7) is 14.8. The van der Waals surface area contributed by atoms with Crippen LogP contribution < -0.4 is 0 Å². The lowest BCUT2D eigenvalue weighted by atomic mass is 9.77. The van der Waals surface area contributed by atoms with E-state index in [-0.39, 0.29) is 5.41 Å². The van der Waals surface area contributed by atoms with Crippen molar-refractivity contribution in [1.29, 1.82) is 0 Å². The fourth-order valence-electron chi connectivity index (χ4n) is 3.91. The standard InChI is InChI=1S/C31H48O4/c1-5-7-17-32-21-23-34-19-15-27-11-9-13-29(25-27)31(3,4)30-14-10-12-28(26-30)16-20-35-24-22-33-18-8-6-2/h9-14,25-26H,5-8,15-24H2,1-4H3. The van der Waals surface area contributed by atoms with E-state index in [1.54, 1.807) is 0 Å². The fourth-order valence-corrected chi connectivity index (χ4v) is 3.91. The topological polar surface area (TPSA) is 36.9 Å². The van der Waals surface area contributed by atoms with Crippen molar-refractivity contribution in [1.82, 2.24) is 0 Å². The molecule has 0 aliphatic carbocycles. The highest BCUT2D eigenvalue weighted by atomic mass is 16.5. The van der Waals surface area contributed by atoms with Gasteiger partial charge in [0.1, 0.15) is 0 Å². The average molecular weight is 485 g/mol. The molecule has 35 heavy (non-hydrogen) atoms. The van der Waals surface area contributed by atoms with Gasteiger partial charge in [0.2, 0.25) is 0 Å². The summed E-state index contributed by atoms with van der Waals surface area (Å²) >= 11 is 0. The van der Waals surface area contributed by atoms with Crippen LogP contribution in [-0.2, 0) is 37.2 Å². The molecule has 0 fully saturated rings. The molecule has 196 valence electrons. The first-order valence-electron chi connectivity index (χ1n) is 13.6. The van der Waals surface area contributed by atoms with Crippen molar-refractivity contribution >= 4 is 0 Å². The summed E-state index contributed by atoms with van der Waals surface area (Å²) in [5, 5.41) is 0. The summed E-state index contributed by atoms with van der Waals surface area (Å²) in [4.78, 5) is 0. The van der Waals surface area contributed by atoms with Crippen LogP contribution in [0.1, 0.15) is 75.6 Å². The lowest BCUT2D eigenvalue weighted by molar-refractivity contribution is 0.0478. The van der Waals surface area contributed by atoms with Gasteiger partial charge in [0.15, 0.2) is 0 Å². The molecule has 2 aromatic carbocycles. The molecule has 0 spiro atoms. The van der Waals surface area contributed by atoms with Gasteiger partial charge < -0.3 is 18.9 Å². The summed E-state index contributed by atoms with van der Waals surface area (Å²) in [6, 6.07) is 17.9. The molecular weight excluding hydrogens is 436 g/mol. The number of hydrogen-bond acceptors (Lipinski definition) is 4. The van der Waals surface area contributed by atoms with Crippen molar-refractivity contribution < 1.29 is 18.9 Å². The smallest absolute Gasteiger partial charge is 0.0700 e. The monoisotopic (exact) mass is 484 g/mol. The van der Waals surface area contributed by atoms with Gasteiger partial charge in [-0.15, -0.1) is 0 Å². The van der Waals surface area contributed by atoms with E-state index in [2.05, 4.69) is 76.2 Å². The van der Waals surface area contributed by atoms with Crippen LogP contribution in [-0.4, -0.2) is 52.9 Å². The summed E-state index contributed by atoms with van der Waals surface area (Å²) in [5.74, 6) is 0. The Kier molecular flexibility index (Phi) is 14.9. The maximum atomic E-state index is 5.78. The average Bonchev–Trinajstić information content (AvgIpc) is 2.87. The third kappa shape index (κ3) is 11.7. The molecule has 2 aromatic rings. The van der Waals surface area contributed by atoms with E-state index in [1.807, 2.05) is 0 Å². The maximum absolute atomic E-state index is 5.78. The molecule has 0 aromatic heterocycles. The quantitative estimate of drug-likeness (QED) is 0.195. The molecule has 0 radical (unpaired) electrons. The fraction of sp³-hybridized carbons (Fsp3) is 0.613. The van der Waals surface area contributed by atoms with Gasteiger partial charge in [-0.05, 0) is 47.9 Å². The molecule has 0 unspecified atom stereocenters. The van der Waals surface area contributed by atoms with Crippen LogP contribution in [0.2, 0.25) is 0 Å². The van der Waals surface area contributed by atoms with E-state index < -0.39 is 0 Å². The predicted molar refractivity (Wildman–Crippen MR) is 146 cm³/mol. The SMILES string of the molecule is CCCCOCCOCCc1cccc(C(C)(C)c2cccc(CCOCCOCCCC)c2)c1. The molecule has 0 N–H and O–H groups in total. The van der Waals surface area contributed by atoms with Gasteiger partial charge in [0.05, 0.1) is 39.6 Å². The van der Waals surface area contributed by atoms with E-state index in [4.69, 9.17) is 18.9 Å². The minimum Gasteiger partial charge on any atom is -0.379 e. The minimum atomic E-state index is -0.0754.